The number of hydrogen-bond acceptors (Lipinski definition) is 3. The maximum absolute atomic E-state index is 11.8. The summed E-state index contributed by atoms with van der Waals surface area (Å²) in [6, 6.07) is 8.19. The fourth-order valence-corrected chi connectivity index (χ4v) is 3.76. The molecular weight excluding hydrogens is 254 g/mol. The third kappa shape index (κ3) is 1.90. The van der Waals surface area contributed by atoms with Gasteiger partial charge in [0.25, 0.3) is 0 Å². The number of aliphatic carboxylic acids is 1. The van der Waals surface area contributed by atoms with E-state index in [4.69, 9.17) is 4.74 Å². The van der Waals surface area contributed by atoms with Gasteiger partial charge in [0.05, 0.1) is 6.61 Å². The van der Waals surface area contributed by atoms with Crippen LogP contribution < -0.4 is 4.74 Å². The van der Waals surface area contributed by atoms with E-state index in [0.717, 1.165) is 37.1 Å². The van der Waals surface area contributed by atoms with Gasteiger partial charge in [0.2, 0.25) is 0 Å². The van der Waals surface area contributed by atoms with Crippen LogP contribution in [0.5, 0.6) is 5.75 Å². The van der Waals surface area contributed by atoms with Crippen LogP contribution in [0.3, 0.4) is 0 Å². The molecular formula is C16H21NO3. The van der Waals surface area contributed by atoms with E-state index in [0.29, 0.717) is 13.0 Å². The maximum atomic E-state index is 11.8. The second kappa shape index (κ2) is 5.09. The molecule has 0 aliphatic carbocycles. The topological polar surface area (TPSA) is 49.8 Å². The molecule has 20 heavy (non-hydrogen) atoms. The fraction of sp³-hybridized carbons (Fsp3) is 0.562. The van der Waals surface area contributed by atoms with Crippen molar-refractivity contribution < 1.29 is 14.6 Å². The number of carbonyl (C=O) groups is 1. The number of carboxylic acids is 1. The molecule has 2 aliphatic rings. The predicted molar refractivity (Wildman–Crippen MR) is 75.9 cm³/mol. The van der Waals surface area contributed by atoms with Gasteiger partial charge in [-0.1, -0.05) is 25.1 Å². The minimum absolute atomic E-state index is 0.165. The predicted octanol–water partition coefficient (Wildman–Crippen LogP) is 2.84. The molecule has 3 rings (SSSR count). The minimum atomic E-state index is -0.699. The first-order chi connectivity index (χ1) is 9.69. The van der Waals surface area contributed by atoms with E-state index in [1.807, 2.05) is 25.1 Å². The first-order valence-electron chi connectivity index (χ1n) is 7.41. The molecule has 0 spiro atoms. The molecule has 2 aliphatic heterocycles. The second-order valence-corrected chi connectivity index (χ2v) is 5.68. The van der Waals surface area contributed by atoms with Crippen LogP contribution in [0.25, 0.3) is 0 Å². The summed E-state index contributed by atoms with van der Waals surface area (Å²) in [6.07, 6.45) is 3.23. The van der Waals surface area contributed by atoms with Gasteiger partial charge < -0.3 is 9.84 Å². The van der Waals surface area contributed by atoms with Gasteiger partial charge in [-0.25, -0.2) is 0 Å². The number of ether oxygens (including phenoxy) is 1. The van der Waals surface area contributed by atoms with Crippen LogP contribution in [-0.4, -0.2) is 34.7 Å². The number of carboxylic acid groups (broad SMARTS) is 1. The number of nitrogens with zero attached hydrogens (tertiary/aromatic N) is 1. The molecule has 2 heterocycles. The zero-order valence-electron chi connectivity index (χ0n) is 11.8. The third-order valence-corrected chi connectivity index (χ3v) is 4.83. The van der Waals surface area contributed by atoms with Crippen LogP contribution in [0, 0.1) is 0 Å². The van der Waals surface area contributed by atoms with Gasteiger partial charge in [-0.3, -0.25) is 9.69 Å². The Morgan fingerprint density at radius 3 is 3.05 bits per heavy atom. The summed E-state index contributed by atoms with van der Waals surface area (Å²) < 4.78 is 5.70. The maximum Gasteiger partial charge on any atom is 0.324 e. The van der Waals surface area contributed by atoms with Gasteiger partial charge >= 0.3 is 5.97 Å². The van der Waals surface area contributed by atoms with Crippen LogP contribution in [0.2, 0.25) is 0 Å². The van der Waals surface area contributed by atoms with Crippen molar-refractivity contribution in [2.45, 2.75) is 44.2 Å². The van der Waals surface area contributed by atoms with E-state index in [-0.39, 0.29) is 6.04 Å². The highest BCUT2D eigenvalue weighted by Gasteiger charge is 2.49. The molecule has 0 saturated carbocycles. The van der Waals surface area contributed by atoms with Crippen LogP contribution in [0.4, 0.5) is 0 Å². The van der Waals surface area contributed by atoms with E-state index in [1.165, 1.54) is 0 Å². The number of para-hydroxylation sites is 1. The number of benzene rings is 1. The Balaban J connectivity index is 1.99. The minimum Gasteiger partial charge on any atom is -0.493 e. The summed E-state index contributed by atoms with van der Waals surface area (Å²) in [7, 11) is 0. The number of likely N-dealkylation sites (tertiary alicyclic amines) is 1. The molecule has 2 unspecified atom stereocenters. The van der Waals surface area contributed by atoms with Gasteiger partial charge in [-0.05, 0) is 31.9 Å². The standard InChI is InChI=1S/C16H21NO3/c1-2-16(15(18)19)9-5-10-17(16)13-8-11-20-14-7-4-3-6-12(13)14/h3-4,6-7,13H,2,5,8-11H2,1H3,(H,18,19). The van der Waals surface area contributed by atoms with E-state index in [9.17, 15) is 9.90 Å². The van der Waals surface area contributed by atoms with Crippen LogP contribution in [0.15, 0.2) is 24.3 Å². The lowest BCUT2D eigenvalue weighted by atomic mass is 9.89. The number of rotatable bonds is 3. The molecule has 4 nitrogen and oxygen atoms in total. The molecule has 1 fully saturated rings. The van der Waals surface area contributed by atoms with Crippen molar-refractivity contribution in [2.24, 2.45) is 0 Å². The highest BCUT2D eigenvalue weighted by atomic mass is 16.5. The normalized spacial score (nSPS) is 29.8. The quantitative estimate of drug-likeness (QED) is 0.921. The molecule has 1 aromatic carbocycles. The Morgan fingerprint density at radius 1 is 1.50 bits per heavy atom. The summed E-state index contributed by atoms with van der Waals surface area (Å²) in [6.45, 7) is 3.51. The zero-order valence-corrected chi connectivity index (χ0v) is 11.8. The number of hydrogen-bond donors (Lipinski definition) is 1. The lowest BCUT2D eigenvalue weighted by Crippen LogP contribution is -2.52. The molecule has 0 radical (unpaired) electrons. The highest BCUT2D eigenvalue weighted by molar-refractivity contribution is 5.79. The summed E-state index contributed by atoms with van der Waals surface area (Å²) in [5, 5.41) is 9.74. The first kappa shape index (κ1) is 13.4. The molecule has 1 saturated heterocycles. The summed E-state index contributed by atoms with van der Waals surface area (Å²) >= 11 is 0. The van der Waals surface area contributed by atoms with E-state index >= 15 is 0 Å². The van der Waals surface area contributed by atoms with Gasteiger partial charge in [-0.2, -0.15) is 0 Å². The monoisotopic (exact) mass is 275 g/mol. The Labute approximate surface area is 119 Å². The number of fused-ring (bicyclic) bond motifs is 1. The Kier molecular flexibility index (Phi) is 3.42. The molecule has 0 aromatic heterocycles. The zero-order chi connectivity index (χ0) is 14.2. The van der Waals surface area contributed by atoms with E-state index < -0.39 is 11.5 Å². The third-order valence-electron chi connectivity index (χ3n) is 4.83. The van der Waals surface area contributed by atoms with E-state index in [2.05, 4.69) is 11.0 Å². The molecule has 2 atom stereocenters. The lowest BCUT2D eigenvalue weighted by Gasteiger charge is -2.42. The smallest absolute Gasteiger partial charge is 0.324 e. The van der Waals surface area contributed by atoms with Gasteiger partial charge in [0.15, 0.2) is 0 Å². The lowest BCUT2D eigenvalue weighted by molar-refractivity contribution is -0.152. The Bertz CT molecular complexity index is 516. The highest BCUT2D eigenvalue weighted by Crippen LogP contribution is 2.44. The van der Waals surface area contributed by atoms with Crippen molar-refractivity contribution in [3.63, 3.8) is 0 Å². The van der Waals surface area contributed by atoms with Crippen molar-refractivity contribution in [1.82, 2.24) is 4.90 Å². The van der Waals surface area contributed by atoms with E-state index in [1.54, 1.807) is 0 Å². The summed E-state index contributed by atoms with van der Waals surface area (Å²) in [5.74, 6) is 0.229. The van der Waals surface area contributed by atoms with Gasteiger partial charge in [0, 0.05) is 18.0 Å². The first-order valence-corrected chi connectivity index (χ1v) is 7.41. The largest absolute Gasteiger partial charge is 0.493 e. The Hall–Kier alpha value is -1.55. The summed E-state index contributed by atoms with van der Waals surface area (Å²) in [5.41, 5.74) is 0.439. The average molecular weight is 275 g/mol. The van der Waals surface area contributed by atoms with Gasteiger partial charge in [0.1, 0.15) is 11.3 Å². The molecule has 108 valence electrons. The fourth-order valence-electron chi connectivity index (χ4n) is 3.76. The SMILES string of the molecule is CCC1(C(=O)O)CCCN1C1CCOc2ccccc21. The van der Waals surface area contributed by atoms with Crippen molar-refractivity contribution in [3.05, 3.63) is 29.8 Å². The van der Waals surface area contributed by atoms with Gasteiger partial charge in [-0.15, -0.1) is 0 Å². The Morgan fingerprint density at radius 2 is 2.30 bits per heavy atom. The van der Waals surface area contributed by atoms with Crippen molar-refractivity contribution in [1.29, 1.82) is 0 Å². The van der Waals surface area contributed by atoms with Crippen molar-refractivity contribution in [3.8, 4) is 5.75 Å². The molecule has 4 heteroatoms. The molecule has 0 bridgehead atoms. The van der Waals surface area contributed by atoms with Crippen LogP contribution in [0.1, 0.15) is 44.2 Å². The van der Waals surface area contributed by atoms with Crippen molar-refractivity contribution >= 4 is 5.97 Å². The molecule has 1 N–H and O–H groups in total. The summed E-state index contributed by atoms with van der Waals surface area (Å²) in [4.78, 5) is 14.1. The average Bonchev–Trinajstić information content (AvgIpc) is 2.91. The second-order valence-electron chi connectivity index (χ2n) is 5.68. The van der Waals surface area contributed by atoms with Crippen molar-refractivity contribution in [2.75, 3.05) is 13.2 Å². The molecule has 0 amide bonds. The van der Waals surface area contributed by atoms with Crippen LogP contribution >= 0.6 is 0 Å². The van der Waals surface area contributed by atoms with Crippen LogP contribution in [-0.2, 0) is 4.79 Å². The molecule has 1 aromatic rings.